The van der Waals surface area contributed by atoms with Crippen LogP contribution < -0.4 is 15.5 Å². The van der Waals surface area contributed by atoms with Gasteiger partial charge in [-0.25, -0.2) is 4.68 Å². The molecule has 0 aliphatic carbocycles. The van der Waals surface area contributed by atoms with Gasteiger partial charge in [0.25, 0.3) is 5.91 Å². The molecule has 37 heavy (non-hydrogen) atoms. The third kappa shape index (κ3) is 4.92. The zero-order valence-corrected chi connectivity index (χ0v) is 20.3. The predicted molar refractivity (Wildman–Crippen MR) is 147 cm³/mol. The Labute approximate surface area is 214 Å². The van der Waals surface area contributed by atoms with E-state index in [1.165, 1.54) is 5.69 Å². The summed E-state index contributed by atoms with van der Waals surface area (Å²) in [6.45, 7) is 1.78. The van der Waals surface area contributed by atoms with Gasteiger partial charge in [0.05, 0.1) is 23.5 Å². The standard InChI is InChI=1S/C29H28N6O2/c36-26-13-16-34(17-14-26)24-8-3-21(4-9-24)32-23-7-12-28-20(18-23)19-31-35(28)25-10-5-22(6-11-25)33-29(37)27-2-1-15-30-27/h1-12,15,18-19,26,30,32,36H,13-14,16-17H2,(H,33,37). The lowest BCUT2D eigenvalue weighted by atomic mass is 10.1. The fraction of sp³-hybridized carbons (Fsp3) is 0.172. The van der Waals surface area contributed by atoms with Crippen LogP contribution in [0.4, 0.5) is 22.7 Å². The van der Waals surface area contributed by atoms with E-state index in [0.29, 0.717) is 5.69 Å². The van der Waals surface area contributed by atoms with Gasteiger partial charge in [-0.15, -0.1) is 0 Å². The molecule has 2 aromatic heterocycles. The molecule has 3 heterocycles. The van der Waals surface area contributed by atoms with E-state index in [4.69, 9.17) is 0 Å². The van der Waals surface area contributed by atoms with E-state index in [2.05, 4.69) is 62.0 Å². The lowest BCUT2D eigenvalue weighted by Gasteiger charge is -2.31. The average Bonchev–Trinajstić information content (AvgIpc) is 3.61. The summed E-state index contributed by atoms with van der Waals surface area (Å²) in [7, 11) is 0. The molecule has 1 aliphatic rings. The van der Waals surface area contributed by atoms with Gasteiger partial charge in [0.2, 0.25) is 0 Å². The number of nitrogens with zero attached hydrogens (tertiary/aromatic N) is 3. The van der Waals surface area contributed by atoms with Crippen molar-refractivity contribution in [2.45, 2.75) is 18.9 Å². The summed E-state index contributed by atoms with van der Waals surface area (Å²) in [5.41, 5.74) is 6.34. The zero-order valence-electron chi connectivity index (χ0n) is 20.3. The number of hydrogen-bond donors (Lipinski definition) is 4. The normalized spacial score (nSPS) is 14.1. The number of fused-ring (bicyclic) bond motifs is 1. The second kappa shape index (κ2) is 9.83. The Balaban J connectivity index is 1.14. The smallest absolute Gasteiger partial charge is 0.272 e. The Bertz CT molecular complexity index is 1500. The highest BCUT2D eigenvalue weighted by Gasteiger charge is 2.17. The average molecular weight is 493 g/mol. The number of aliphatic hydroxyl groups is 1. The number of hydrogen-bond acceptors (Lipinski definition) is 5. The van der Waals surface area contributed by atoms with Crippen LogP contribution in [0.3, 0.4) is 0 Å². The molecule has 4 N–H and O–H groups in total. The number of nitrogens with one attached hydrogen (secondary N) is 3. The van der Waals surface area contributed by atoms with Gasteiger partial charge in [0, 0.05) is 47.4 Å². The van der Waals surface area contributed by atoms with Crippen molar-refractivity contribution in [1.82, 2.24) is 14.8 Å². The summed E-state index contributed by atoms with van der Waals surface area (Å²) >= 11 is 0. The maximum Gasteiger partial charge on any atom is 0.272 e. The molecule has 0 radical (unpaired) electrons. The van der Waals surface area contributed by atoms with Crippen LogP contribution in [-0.2, 0) is 0 Å². The molecule has 1 fully saturated rings. The quantitative estimate of drug-likeness (QED) is 0.258. The number of piperidine rings is 1. The monoisotopic (exact) mass is 492 g/mol. The van der Waals surface area contributed by atoms with Crippen LogP contribution in [0, 0.1) is 0 Å². The van der Waals surface area contributed by atoms with E-state index in [9.17, 15) is 9.90 Å². The van der Waals surface area contributed by atoms with Crippen LogP contribution >= 0.6 is 0 Å². The summed E-state index contributed by atoms with van der Waals surface area (Å²) in [6.07, 6.45) is 5.06. The third-order valence-corrected chi connectivity index (χ3v) is 6.77. The molecule has 1 amide bonds. The van der Waals surface area contributed by atoms with Crippen molar-refractivity contribution >= 4 is 39.6 Å². The van der Waals surface area contributed by atoms with Gasteiger partial charge in [0.15, 0.2) is 0 Å². The molecule has 0 saturated carbocycles. The highest BCUT2D eigenvalue weighted by atomic mass is 16.3. The summed E-state index contributed by atoms with van der Waals surface area (Å²) in [5.74, 6) is -0.178. The lowest BCUT2D eigenvalue weighted by Crippen LogP contribution is -2.35. The van der Waals surface area contributed by atoms with Gasteiger partial charge in [0.1, 0.15) is 5.69 Å². The summed E-state index contributed by atoms with van der Waals surface area (Å²) < 4.78 is 1.89. The van der Waals surface area contributed by atoms with Crippen LogP contribution in [0.1, 0.15) is 23.3 Å². The Morgan fingerprint density at radius 1 is 0.892 bits per heavy atom. The number of H-pyrrole nitrogens is 1. The summed E-state index contributed by atoms with van der Waals surface area (Å²) in [5, 5.41) is 21.7. The van der Waals surface area contributed by atoms with Gasteiger partial charge in [-0.1, -0.05) is 0 Å². The van der Waals surface area contributed by atoms with E-state index in [1.54, 1.807) is 18.3 Å². The van der Waals surface area contributed by atoms with Crippen molar-refractivity contribution in [1.29, 1.82) is 0 Å². The molecule has 0 spiro atoms. The van der Waals surface area contributed by atoms with Crippen LogP contribution in [0.2, 0.25) is 0 Å². The largest absolute Gasteiger partial charge is 0.393 e. The molecule has 0 unspecified atom stereocenters. The third-order valence-electron chi connectivity index (χ3n) is 6.77. The molecule has 0 atom stereocenters. The van der Waals surface area contributed by atoms with E-state index in [1.807, 2.05) is 41.2 Å². The number of carbonyl (C=O) groups excluding carboxylic acids is 1. The molecule has 186 valence electrons. The van der Waals surface area contributed by atoms with Crippen LogP contribution in [0.25, 0.3) is 16.6 Å². The highest BCUT2D eigenvalue weighted by molar-refractivity contribution is 6.03. The molecular weight excluding hydrogens is 464 g/mol. The molecular formula is C29H28N6O2. The number of rotatable bonds is 6. The second-order valence-corrected chi connectivity index (χ2v) is 9.30. The Morgan fingerprint density at radius 3 is 2.32 bits per heavy atom. The van der Waals surface area contributed by atoms with Crippen molar-refractivity contribution in [2.24, 2.45) is 0 Å². The number of aromatic amines is 1. The first kappa shape index (κ1) is 22.9. The SMILES string of the molecule is O=C(Nc1ccc(-n2ncc3cc(Nc4ccc(N5CCC(O)CC5)cc4)ccc32)cc1)c1ccc[nH]1. The molecule has 8 heteroatoms. The van der Waals surface area contributed by atoms with Crippen LogP contribution in [0.15, 0.2) is 91.3 Å². The van der Waals surface area contributed by atoms with Crippen LogP contribution in [0.5, 0.6) is 0 Å². The number of aliphatic hydroxyl groups excluding tert-OH is 1. The number of anilines is 4. The van der Waals surface area contributed by atoms with Gasteiger partial charge in [-0.3, -0.25) is 4.79 Å². The number of carbonyl (C=O) groups is 1. The van der Waals surface area contributed by atoms with Crippen molar-refractivity contribution < 1.29 is 9.90 Å². The maximum atomic E-state index is 12.3. The van der Waals surface area contributed by atoms with Gasteiger partial charge in [-0.05, 0) is 91.7 Å². The van der Waals surface area contributed by atoms with Crippen molar-refractivity contribution in [3.05, 3.63) is 97.0 Å². The second-order valence-electron chi connectivity index (χ2n) is 9.30. The minimum Gasteiger partial charge on any atom is -0.393 e. The highest BCUT2D eigenvalue weighted by Crippen LogP contribution is 2.27. The minimum absolute atomic E-state index is 0.168. The van der Waals surface area contributed by atoms with E-state index < -0.39 is 0 Å². The lowest BCUT2D eigenvalue weighted by molar-refractivity contribution is 0.102. The van der Waals surface area contributed by atoms with Gasteiger partial charge >= 0.3 is 0 Å². The summed E-state index contributed by atoms with van der Waals surface area (Å²) in [4.78, 5) is 17.5. The molecule has 0 bridgehead atoms. The molecule has 3 aromatic carbocycles. The fourth-order valence-electron chi connectivity index (χ4n) is 4.72. The van der Waals surface area contributed by atoms with Crippen molar-refractivity contribution in [3.63, 3.8) is 0 Å². The molecule has 1 aliphatic heterocycles. The fourth-order valence-corrected chi connectivity index (χ4v) is 4.72. The molecule has 8 nitrogen and oxygen atoms in total. The van der Waals surface area contributed by atoms with E-state index >= 15 is 0 Å². The molecule has 5 aromatic rings. The van der Waals surface area contributed by atoms with E-state index in [-0.39, 0.29) is 12.0 Å². The number of benzene rings is 3. The minimum atomic E-state index is -0.178. The molecule has 1 saturated heterocycles. The predicted octanol–water partition coefficient (Wildman–Crippen LogP) is 5.31. The number of aromatic nitrogens is 3. The maximum absolute atomic E-state index is 12.3. The van der Waals surface area contributed by atoms with Crippen molar-refractivity contribution in [2.75, 3.05) is 28.6 Å². The first-order valence-corrected chi connectivity index (χ1v) is 12.5. The Hall–Kier alpha value is -4.56. The molecule has 6 rings (SSSR count). The first-order valence-electron chi connectivity index (χ1n) is 12.5. The first-order chi connectivity index (χ1) is 18.1. The van der Waals surface area contributed by atoms with Crippen molar-refractivity contribution in [3.8, 4) is 5.69 Å². The van der Waals surface area contributed by atoms with Crippen LogP contribution in [-0.4, -0.2) is 45.0 Å². The van der Waals surface area contributed by atoms with Gasteiger partial charge < -0.3 is 25.6 Å². The Kier molecular flexibility index (Phi) is 6.08. The summed E-state index contributed by atoms with van der Waals surface area (Å²) in [6, 6.07) is 25.8. The zero-order chi connectivity index (χ0) is 25.2. The topological polar surface area (TPSA) is 98.2 Å². The van der Waals surface area contributed by atoms with E-state index in [0.717, 1.165) is 59.6 Å². The Morgan fingerprint density at radius 2 is 1.59 bits per heavy atom. The number of amides is 1. The van der Waals surface area contributed by atoms with Gasteiger partial charge in [-0.2, -0.15) is 5.10 Å².